The van der Waals surface area contributed by atoms with Crippen LogP contribution in [0, 0.1) is 5.92 Å². The van der Waals surface area contributed by atoms with Gasteiger partial charge in [-0.3, -0.25) is 0 Å². The highest BCUT2D eigenvalue weighted by Gasteiger charge is 2.24. The summed E-state index contributed by atoms with van der Waals surface area (Å²) in [6, 6.07) is 0. The molecule has 1 saturated heterocycles. The molecule has 0 aromatic carbocycles. The fraction of sp³-hybridized carbons (Fsp3) is 1.00. The summed E-state index contributed by atoms with van der Waals surface area (Å²) in [5.41, 5.74) is 0. The smallest absolute Gasteiger partial charge is 0.0615 e. The van der Waals surface area contributed by atoms with Crippen molar-refractivity contribution in [3.05, 3.63) is 0 Å². The molecular weight excluding hydrogens is 174 g/mol. The van der Waals surface area contributed by atoms with Gasteiger partial charge in [-0.15, -0.1) is 0 Å². The van der Waals surface area contributed by atoms with Crippen LogP contribution in [0.4, 0.5) is 0 Å². The minimum Gasteiger partial charge on any atom is -0.378 e. The molecule has 0 saturated carbocycles. The number of rotatable bonds is 6. The lowest BCUT2D eigenvalue weighted by molar-refractivity contribution is -0.0308. The zero-order valence-electron chi connectivity index (χ0n) is 9.72. The number of nitrogens with one attached hydrogen (secondary N) is 1. The summed E-state index contributed by atoms with van der Waals surface area (Å²) in [5.74, 6) is 0.755. The topological polar surface area (TPSA) is 21.3 Å². The summed E-state index contributed by atoms with van der Waals surface area (Å²) in [7, 11) is 2.04. The van der Waals surface area contributed by atoms with E-state index in [4.69, 9.17) is 4.74 Å². The zero-order valence-corrected chi connectivity index (χ0v) is 9.72. The summed E-state index contributed by atoms with van der Waals surface area (Å²) in [6.07, 6.45) is 8.38. The second kappa shape index (κ2) is 7.24. The molecule has 1 fully saturated rings. The molecule has 0 aliphatic carbocycles. The van der Waals surface area contributed by atoms with Gasteiger partial charge >= 0.3 is 0 Å². The molecule has 2 heteroatoms. The fourth-order valence-electron chi connectivity index (χ4n) is 2.31. The van der Waals surface area contributed by atoms with Crippen LogP contribution in [0.3, 0.4) is 0 Å². The Kier molecular flexibility index (Phi) is 6.20. The van der Waals surface area contributed by atoms with Gasteiger partial charge in [0.1, 0.15) is 0 Å². The standard InChI is InChI=1S/C12H25NO/c1-3-4-5-8-12-11(10-13-2)7-6-9-14-12/h11-13H,3-10H2,1-2H3. The van der Waals surface area contributed by atoms with Gasteiger partial charge in [0, 0.05) is 13.2 Å². The first-order valence-corrected chi connectivity index (χ1v) is 6.14. The molecule has 0 spiro atoms. The Bertz CT molecular complexity index is 136. The van der Waals surface area contributed by atoms with Crippen molar-refractivity contribution >= 4 is 0 Å². The van der Waals surface area contributed by atoms with Crippen molar-refractivity contribution in [3.8, 4) is 0 Å². The maximum Gasteiger partial charge on any atom is 0.0615 e. The third-order valence-corrected chi connectivity index (χ3v) is 3.14. The highest BCUT2D eigenvalue weighted by molar-refractivity contribution is 4.75. The molecule has 0 aromatic heterocycles. The first-order chi connectivity index (χ1) is 6.88. The van der Waals surface area contributed by atoms with Crippen molar-refractivity contribution < 1.29 is 4.74 Å². The molecule has 1 heterocycles. The van der Waals surface area contributed by atoms with Gasteiger partial charge in [0.05, 0.1) is 6.10 Å². The Labute approximate surface area is 88.4 Å². The highest BCUT2D eigenvalue weighted by atomic mass is 16.5. The molecular formula is C12H25NO. The number of unbranched alkanes of at least 4 members (excludes halogenated alkanes) is 2. The first kappa shape index (κ1) is 12.0. The van der Waals surface area contributed by atoms with Crippen molar-refractivity contribution in [1.29, 1.82) is 0 Å². The SMILES string of the molecule is CCCCCC1OCCCC1CNC. The van der Waals surface area contributed by atoms with Crippen molar-refractivity contribution in [2.75, 3.05) is 20.2 Å². The zero-order chi connectivity index (χ0) is 10.2. The van der Waals surface area contributed by atoms with Crippen LogP contribution in [0.5, 0.6) is 0 Å². The molecule has 2 unspecified atom stereocenters. The molecule has 84 valence electrons. The first-order valence-electron chi connectivity index (χ1n) is 6.14. The van der Waals surface area contributed by atoms with Crippen LogP contribution < -0.4 is 5.32 Å². The molecule has 0 radical (unpaired) electrons. The normalized spacial score (nSPS) is 27.9. The Balaban J connectivity index is 2.22. The highest BCUT2D eigenvalue weighted by Crippen LogP contribution is 2.24. The predicted molar refractivity (Wildman–Crippen MR) is 60.5 cm³/mol. The molecule has 1 aliphatic heterocycles. The van der Waals surface area contributed by atoms with Crippen LogP contribution in [-0.2, 0) is 4.74 Å². The maximum absolute atomic E-state index is 5.85. The molecule has 1 N–H and O–H groups in total. The lowest BCUT2D eigenvalue weighted by Crippen LogP contribution is -2.35. The third kappa shape index (κ3) is 3.97. The van der Waals surface area contributed by atoms with Gasteiger partial charge in [-0.05, 0) is 32.2 Å². The maximum atomic E-state index is 5.85. The van der Waals surface area contributed by atoms with E-state index in [1.165, 1.54) is 38.5 Å². The third-order valence-electron chi connectivity index (χ3n) is 3.14. The van der Waals surface area contributed by atoms with Crippen LogP contribution in [0.25, 0.3) is 0 Å². The summed E-state index contributed by atoms with van der Waals surface area (Å²) < 4.78 is 5.85. The van der Waals surface area contributed by atoms with E-state index in [2.05, 4.69) is 12.2 Å². The molecule has 0 bridgehead atoms. The van der Waals surface area contributed by atoms with Crippen LogP contribution >= 0.6 is 0 Å². The van der Waals surface area contributed by atoms with E-state index < -0.39 is 0 Å². The van der Waals surface area contributed by atoms with Gasteiger partial charge in [-0.2, -0.15) is 0 Å². The Morgan fingerprint density at radius 2 is 2.21 bits per heavy atom. The molecule has 2 nitrogen and oxygen atoms in total. The summed E-state index contributed by atoms with van der Waals surface area (Å²) >= 11 is 0. The Morgan fingerprint density at radius 3 is 2.93 bits per heavy atom. The van der Waals surface area contributed by atoms with Gasteiger partial charge in [0.25, 0.3) is 0 Å². The number of hydrogen-bond acceptors (Lipinski definition) is 2. The minimum atomic E-state index is 0.530. The van der Waals surface area contributed by atoms with Gasteiger partial charge in [0.2, 0.25) is 0 Å². The quantitative estimate of drug-likeness (QED) is 0.664. The van der Waals surface area contributed by atoms with Gasteiger partial charge in [-0.25, -0.2) is 0 Å². The summed E-state index contributed by atoms with van der Waals surface area (Å²) in [5, 5.41) is 3.28. The molecule has 1 rings (SSSR count). The van der Waals surface area contributed by atoms with Crippen LogP contribution in [0.15, 0.2) is 0 Å². The predicted octanol–water partition coefficient (Wildman–Crippen LogP) is 2.58. The van der Waals surface area contributed by atoms with Crippen LogP contribution in [0.2, 0.25) is 0 Å². The van der Waals surface area contributed by atoms with Gasteiger partial charge in [0.15, 0.2) is 0 Å². The second-order valence-corrected chi connectivity index (χ2v) is 4.37. The van der Waals surface area contributed by atoms with Crippen LogP contribution in [0.1, 0.15) is 45.4 Å². The minimum absolute atomic E-state index is 0.530. The average Bonchev–Trinajstić information content (AvgIpc) is 2.21. The van der Waals surface area contributed by atoms with Crippen LogP contribution in [-0.4, -0.2) is 26.3 Å². The fourth-order valence-corrected chi connectivity index (χ4v) is 2.31. The van der Waals surface area contributed by atoms with E-state index in [9.17, 15) is 0 Å². The number of hydrogen-bond donors (Lipinski definition) is 1. The van der Waals surface area contributed by atoms with Crippen molar-refractivity contribution in [2.24, 2.45) is 5.92 Å². The second-order valence-electron chi connectivity index (χ2n) is 4.37. The average molecular weight is 199 g/mol. The van der Waals surface area contributed by atoms with Gasteiger partial charge in [-0.1, -0.05) is 26.2 Å². The summed E-state index contributed by atoms with van der Waals surface area (Å²) in [6.45, 7) is 4.36. The summed E-state index contributed by atoms with van der Waals surface area (Å²) in [4.78, 5) is 0. The van der Waals surface area contributed by atoms with Gasteiger partial charge < -0.3 is 10.1 Å². The van der Waals surface area contributed by atoms with Crippen molar-refractivity contribution in [3.63, 3.8) is 0 Å². The Hall–Kier alpha value is -0.0800. The molecule has 0 aromatic rings. The number of ether oxygens (including phenoxy) is 1. The van der Waals surface area contributed by atoms with E-state index in [1.807, 2.05) is 7.05 Å². The lowest BCUT2D eigenvalue weighted by atomic mass is 9.91. The molecule has 0 amide bonds. The molecule has 1 aliphatic rings. The monoisotopic (exact) mass is 199 g/mol. The largest absolute Gasteiger partial charge is 0.378 e. The van der Waals surface area contributed by atoms with E-state index >= 15 is 0 Å². The van der Waals surface area contributed by atoms with E-state index in [1.54, 1.807) is 0 Å². The van der Waals surface area contributed by atoms with E-state index in [0.717, 1.165) is 19.1 Å². The van der Waals surface area contributed by atoms with E-state index in [0.29, 0.717) is 6.10 Å². The van der Waals surface area contributed by atoms with E-state index in [-0.39, 0.29) is 0 Å². The molecule has 2 atom stereocenters. The molecule has 14 heavy (non-hydrogen) atoms. The lowest BCUT2D eigenvalue weighted by Gasteiger charge is -2.31. The van der Waals surface area contributed by atoms with Crippen molar-refractivity contribution in [1.82, 2.24) is 5.32 Å². The van der Waals surface area contributed by atoms with Crippen molar-refractivity contribution in [2.45, 2.75) is 51.6 Å². The Morgan fingerprint density at radius 1 is 1.36 bits per heavy atom.